The van der Waals surface area contributed by atoms with Crippen molar-refractivity contribution in [2.24, 2.45) is 0 Å². The summed E-state index contributed by atoms with van der Waals surface area (Å²) in [6.07, 6.45) is 1.71. The Balaban J connectivity index is 1.93. The number of fused-ring (bicyclic) bond motifs is 1. The number of hydrogen-bond donors (Lipinski definition) is 1. The first-order valence-corrected chi connectivity index (χ1v) is 7.62. The van der Waals surface area contributed by atoms with Crippen LogP contribution in [0.2, 0.25) is 0 Å². The highest BCUT2D eigenvalue weighted by Gasteiger charge is 2.16. The zero-order valence-electron chi connectivity index (χ0n) is 13.0. The van der Waals surface area contributed by atoms with Crippen molar-refractivity contribution in [3.05, 3.63) is 72.1 Å². The molecule has 0 atom stereocenters. The van der Waals surface area contributed by atoms with E-state index in [-0.39, 0.29) is 5.91 Å². The number of ether oxygens (including phenoxy) is 1. The number of rotatable bonds is 5. The number of pyridine rings is 1. The fourth-order valence-electron chi connectivity index (χ4n) is 2.52. The Bertz CT molecular complexity index is 816. The number of carbonyl (C=O) groups is 1. The number of nitrogens with one attached hydrogen (secondary N) is 1. The van der Waals surface area contributed by atoms with Crippen LogP contribution in [0.4, 0.5) is 0 Å². The lowest BCUT2D eigenvalue weighted by Gasteiger charge is -2.13. The van der Waals surface area contributed by atoms with E-state index >= 15 is 0 Å². The molecule has 23 heavy (non-hydrogen) atoms. The van der Waals surface area contributed by atoms with Gasteiger partial charge in [0.2, 0.25) is 0 Å². The highest BCUT2D eigenvalue weighted by Crippen LogP contribution is 2.28. The fraction of sp³-hybridized carbons (Fsp3) is 0.158. The van der Waals surface area contributed by atoms with Crippen molar-refractivity contribution in [3.63, 3.8) is 0 Å². The standard InChI is InChI=1S/C19H18N2O2/c1-2-23-17-11-10-14-7-3-4-9-16(14)18(17)19(22)21-13-15-8-5-6-12-20-15/h3-12H,2,13H2,1H3,(H,21,22). The summed E-state index contributed by atoms with van der Waals surface area (Å²) in [5.41, 5.74) is 1.39. The number of carbonyl (C=O) groups excluding carboxylic acids is 1. The van der Waals surface area contributed by atoms with Crippen LogP contribution in [0.5, 0.6) is 5.75 Å². The van der Waals surface area contributed by atoms with Crippen molar-refractivity contribution < 1.29 is 9.53 Å². The largest absolute Gasteiger partial charge is 0.493 e. The van der Waals surface area contributed by atoms with Gasteiger partial charge >= 0.3 is 0 Å². The van der Waals surface area contributed by atoms with Gasteiger partial charge in [-0.3, -0.25) is 9.78 Å². The maximum absolute atomic E-state index is 12.7. The van der Waals surface area contributed by atoms with Crippen LogP contribution >= 0.6 is 0 Å². The lowest BCUT2D eigenvalue weighted by atomic mass is 10.0. The minimum absolute atomic E-state index is 0.157. The molecule has 0 saturated heterocycles. The van der Waals surface area contributed by atoms with E-state index in [1.807, 2.05) is 61.5 Å². The number of amides is 1. The first-order valence-electron chi connectivity index (χ1n) is 7.62. The summed E-state index contributed by atoms with van der Waals surface area (Å²) in [5.74, 6) is 0.445. The van der Waals surface area contributed by atoms with Gasteiger partial charge in [-0.05, 0) is 35.9 Å². The molecular weight excluding hydrogens is 288 g/mol. The molecule has 0 unspecified atom stereocenters. The molecule has 2 aromatic carbocycles. The lowest BCUT2D eigenvalue weighted by Crippen LogP contribution is -2.24. The van der Waals surface area contributed by atoms with Crippen molar-refractivity contribution >= 4 is 16.7 Å². The van der Waals surface area contributed by atoms with E-state index in [1.54, 1.807) is 6.20 Å². The molecular formula is C19H18N2O2. The van der Waals surface area contributed by atoms with Gasteiger partial charge in [0.1, 0.15) is 5.75 Å². The quantitative estimate of drug-likeness (QED) is 0.784. The summed E-state index contributed by atoms with van der Waals surface area (Å²) in [7, 11) is 0. The maximum Gasteiger partial charge on any atom is 0.256 e. The zero-order chi connectivity index (χ0) is 16.1. The highest BCUT2D eigenvalue weighted by atomic mass is 16.5. The molecule has 1 N–H and O–H groups in total. The summed E-state index contributed by atoms with van der Waals surface area (Å²) < 4.78 is 5.64. The molecule has 0 bridgehead atoms. The van der Waals surface area contributed by atoms with E-state index in [9.17, 15) is 4.79 Å². The second-order valence-electron chi connectivity index (χ2n) is 5.10. The predicted octanol–water partition coefficient (Wildman–Crippen LogP) is 3.56. The third-order valence-electron chi connectivity index (χ3n) is 3.57. The zero-order valence-corrected chi connectivity index (χ0v) is 13.0. The molecule has 0 aliphatic rings. The normalized spacial score (nSPS) is 10.5. The number of nitrogens with zero attached hydrogens (tertiary/aromatic N) is 1. The minimum Gasteiger partial charge on any atom is -0.493 e. The number of benzene rings is 2. The van der Waals surface area contributed by atoms with E-state index in [2.05, 4.69) is 10.3 Å². The maximum atomic E-state index is 12.7. The van der Waals surface area contributed by atoms with Crippen LogP contribution < -0.4 is 10.1 Å². The predicted molar refractivity (Wildman–Crippen MR) is 90.5 cm³/mol. The molecule has 0 radical (unpaired) electrons. The van der Waals surface area contributed by atoms with Gasteiger partial charge in [-0.25, -0.2) is 0 Å². The molecule has 1 amide bonds. The highest BCUT2D eigenvalue weighted by molar-refractivity contribution is 6.09. The van der Waals surface area contributed by atoms with Crippen LogP contribution in [-0.4, -0.2) is 17.5 Å². The molecule has 0 spiro atoms. The van der Waals surface area contributed by atoms with Gasteiger partial charge < -0.3 is 10.1 Å². The number of hydrogen-bond acceptors (Lipinski definition) is 3. The van der Waals surface area contributed by atoms with Crippen molar-refractivity contribution in [2.45, 2.75) is 13.5 Å². The molecule has 3 aromatic rings. The van der Waals surface area contributed by atoms with Gasteiger partial charge in [-0.1, -0.05) is 36.4 Å². The van der Waals surface area contributed by atoms with E-state index in [1.165, 1.54) is 0 Å². The van der Waals surface area contributed by atoms with Gasteiger partial charge in [0.15, 0.2) is 0 Å². The van der Waals surface area contributed by atoms with Crippen LogP contribution in [0.15, 0.2) is 60.8 Å². The lowest BCUT2D eigenvalue weighted by molar-refractivity contribution is 0.0948. The topological polar surface area (TPSA) is 51.2 Å². The van der Waals surface area contributed by atoms with E-state index < -0.39 is 0 Å². The Hall–Kier alpha value is -2.88. The van der Waals surface area contributed by atoms with Crippen LogP contribution in [0, 0.1) is 0 Å². The molecule has 0 saturated carbocycles. The van der Waals surface area contributed by atoms with Crippen LogP contribution in [0.25, 0.3) is 10.8 Å². The minimum atomic E-state index is -0.157. The second-order valence-corrected chi connectivity index (χ2v) is 5.10. The Labute approximate surface area is 135 Å². The molecule has 4 nitrogen and oxygen atoms in total. The summed E-state index contributed by atoms with van der Waals surface area (Å²) in [5, 5.41) is 4.82. The Morgan fingerprint density at radius 2 is 1.91 bits per heavy atom. The SMILES string of the molecule is CCOc1ccc2ccccc2c1C(=O)NCc1ccccn1. The molecule has 116 valence electrons. The fourth-order valence-corrected chi connectivity index (χ4v) is 2.52. The molecule has 0 aliphatic carbocycles. The van der Waals surface area contributed by atoms with Gasteiger partial charge in [0.05, 0.1) is 24.4 Å². The van der Waals surface area contributed by atoms with Crippen LogP contribution in [0.3, 0.4) is 0 Å². The van der Waals surface area contributed by atoms with Gasteiger partial charge in [0.25, 0.3) is 5.91 Å². The van der Waals surface area contributed by atoms with Crippen molar-refractivity contribution in [1.82, 2.24) is 10.3 Å². The van der Waals surface area contributed by atoms with Crippen molar-refractivity contribution in [2.75, 3.05) is 6.61 Å². The van der Waals surface area contributed by atoms with Crippen LogP contribution in [0.1, 0.15) is 23.0 Å². The molecule has 4 heteroatoms. The average molecular weight is 306 g/mol. The Morgan fingerprint density at radius 3 is 2.70 bits per heavy atom. The summed E-state index contributed by atoms with van der Waals surface area (Å²) in [6, 6.07) is 17.3. The van der Waals surface area contributed by atoms with Crippen molar-refractivity contribution in [3.8, 4) is 5.75 Å². The molecule has 0 aliphatic heterocycles. The first kappa shape index (κ1) is 15.0. The molecule has 1 heterocycles. The monoisotopic (exact) mass is 306 g/mol. The molecule has 1 aromatic heterocycles. The summed E-state index contributed by atoms with van der Waals surface area (Å²) in [4.78, 5) is 16.9. The third kappa shape index (κ3) is 3.31. The second kappa shape index (κ2) is 6.92. The Kier molecular flexibility index (Phi) is 4.52. The van der Waals surface area contributed by atoms with Gasteiger partial charge in [-0.2, -0.15) is 0 Å². The van der Waals surface area contributed by atoms with Gasteiger partial charge in [-0.15, -0.1) is 0 Å². The summed E-state index contributed by atoms with van der Waals surface area (Å²) in [6.45, 7) is 2.80. The van der Waals surface area contributed by atoms with Crippen LogP contribution in [-0.2, 0) is 6.54 Å². The van der Waals surface area contributed by atoms with Gasteiger partial charge in [0, 0.05) is 6.20 Å². The number of aromatic nitrogens is 1. The van der Waals surface area contributed by atoms with E-state index in [0.717, 1.165) is 16.5 Å². The average Bonchev–Trinajstić information content (AvgIpc) is 2.60. The first-order chi connectivity index (χ1) is 11.3. The summed E-state index contributed by atoms with van der Waals surface area (Å²) >= 11 is 0. The van der Waals surface area contributed by atoms with E-state index in [4.69, 9.17) is 4.74 Å². The molecule has 3 rings (SSSR count). The smallest absolute Gasteiger partial charge is 0.256 e. The third-order valence-corrected chi connectivity index (χ3v) is 3.57. The van der Waals surface area contributed by atoms with Crippen molar-refractivity contribution in [1.29, 1.82) is 0 Å². The Morgan fingerprint density at radius 1 is 1.09 bits per heavy atom. The molecule has 0 fully saturated rings. The van der Waals surface area contributed by atoms with E-state index in [0.29, 0.717) is 24.5 Å².